The molecule has 1 amide bonds. The minimum Gasteiger partial charge on any atom is -0.462 e. The number of nitrogens with one attached hydrogen (secondary N) is 1. The highest BCUT2D eigenvalue weighted by atomic mass is 32.1. The van der Waals surface area contributed by atoms with Crippen molar-refractivity contribution in [3.8, 4) is 0 Å². The molecule has 1 aliphatic carbocycles. The van der Waals surface area contributed by atoms with Crippen LogP contribution in [0.3, 0.4) is 0 Å². The molecule has 1 unspecified atom stereocenters. The maximum atomic E-state index is 13.1. The number of carbonyl (C=O) groups excluding carboxylic acids is 3. The van der Waals surface area contributed by atoms with E-state index in [4.69, 9.17) is 9.47 Å². The molecular weight excluding hydrogens is 447 g/mol. The van der Waals surface area contributed by atoms with Crippen molar-refractivity contribution in [3.05, 3.63) is 51.4 Å². The summed E-state index contributed by atoms with van der Waals surface area (Å²) in [6.07, 6.45) is -2.38. The fraction of sp³-hybridized carbons (Fsp3) is 0.409. The number of ether oxygens (including phenoxy) is 2. The minimum atomic E-state index is -4.74. The number of alkyl halides is 3. The lowest BCUT2D eigenvalue weighted by Crippen LogP contribution is -2.23. The zero-order chi connectivity index (χ0) is 23.5. The van der Waals surface area contributed by atoms with Crippen molar-refractivity contribution in [2.45, 2.75) is 39.3 Å². The second-order valence-electron chi connectivity index (χ2n) is 7.44. The number of hydrogen-bond donors (Lipinski definition) is 1. The lowest BCUT2D eigenvalue weighted by molar-refractivity contribution is -0.138. The predicted octanol–water partition coefficient (Wildman–Crippen LogP) is 4.86. The number of halogens is 3. The second kappa shape index (κ2) is 9.72. The maximum absolute atomic E-state index is 13.1. The van der Waals surface area contributed by atoms with Crippen molar-refractivity contribution >= 4 is 34.2 Å². The molecule has 6 nitrogen and oxygen atoms in total. The molecule has 0 aliphatic heterocycles. The Labute approximate surface area is 186 Å². The van der Waals surface area contributed by atoms with Gasteiger partial charge in [0.1, 0.15) is 5.00 Å². The Hall–Kier alpha value is -2.88. The standard InChI is InChI=1S/C22H22F3NO5S/c1-3-30-21(29)18-14-9-8-12(2)10-16(14)32-19(18)26-17(27)11-31-20(28)13-6-4-5-7-15(13)22(23,24)25/h4-7,12H,3,8-11H2,1-2H3,(H,26,27). The number of thiophene rings is 1. The monoisotopic (exact) mass is 469 g/mol. The van der Waals surface area contributed by atoms with E-state index in [1.165, 1.54) is 17.4 Å². The molecule has 0 radical (unpaired) electrons. The molecule has 1 atom stereocenters. The second-order valence-corrected chi connectivity index (χ2v) is 8.55. The summed E-state index contributed by atoms with van der Waals surface area (Å²) in [6, 6.07) is 4.17. The summed E-state index contributed by atoms with van der Waals surface area (Å²) in [5, 5.41) is 2.84. The molecule has 0 saturated heterocycles. The highest BCUT2D eigenvalue weighted by molar-refractivity contribution is 7.17. The van der Waals surface area contributed by atoms with Crippen LogP contribution in [-0.4, -0.2) is 31.1 Å². The van der Waals surface area contributed by atoms with E-state index in [1.54, 1.807) is 6.92 Å². The molecule has 10 heteroatoms. The SMILES string of the molecule is CCOC(=O)c1c(NC(=O)COC(=O)c2ccccc2C(F)(F)F)sc2c1CCC(C)C2. The number of fused-ring (bicyclic) bond motifs is 1. The van der Waals surface area contributed by atoms with Crippen LogP contribution >= 0.6 is 11.3 Å². The van der Waals surface area contributed by atoms with Crippen LogP contribution < -0.4 is 5.32 Å². The summed E-state index contributed by atoms with van der Waals surface area (Å²) < 4.78 is 49.2. The highest BCUT2D eigenvalue weighted by Crippen LogP contribution is 2.40. The number of anilines is 1. The minimum absolute atomic E-state index is 0.170. The molecule has 172 valence electrons. The summed E-state index contributed by atoms with van der Waals surface area (Å²) in [7, 11) is 0. The quantitative estimate of drug-likeness (QED) is 0.611. The Kier molecular flexibility index (Phi) is 7.22. The van der Waals surface area contributed by atoms with Crippen molar-refractivity contribution in [2.24, 2.45) is 5.92 Å². The zero-order valence-corrected chi connectivity index (χ0v) is 18.3. The Morgan fingerprint density at radius 2 is 1.88 bits per heavy atom. The van der Waals surface area contributed by atoms with Crippen molar-refractivity contribution in [1.29, 1.82) is 0 Å². The summed E-state index contributed by atoms with van der Waals surface area (Å²) in [5.41, 5.74) is -0.686. The summed E-state index contributed by atoms with van der Waals surface area (Å²) >= 11 is 1.26. The lowest BCUT2D eigenvalue weighted by atomic mass is 9.88. The van der Waals surface area contributed by atoms with Gasteiger partial charge in [0.25, 0.3) is 5.91 Å². The van der Waals surface area contributed by atoms with Gasteiger partial charge in [-0.05, 0) is 49.8 Å². The van der Waals surface area contributed by atoms with E-state index in [1.807, 2.05) is 0 Å². The Morgan fingerprint density at radius 1 is 1.16 bits per heavy atom. The maximum Gasteiger partial charge on any atom is 0.417 e. The van der Waals surface area contributed by atoms with Gasteiger partial charge in [-0.2, -0.15) is 13.2 Å². The van der Waals surface area contributed by atoms with E-state index < -0.39 is 41.8 Å². The van der Waals surface area contributed by atoms with Gasteiger partial charge < -0.3 is 14.8 Å². The van der Waals surface area contributed by atoms with Gasteiger partial charge >= 0.3 is 18.1 Å². The van der Waals surface area contributed by atoms with E-state index in [2.05, 4.69) is 12.2 Å². The van der Waals surface area contributed by atoms with E-state index in [0.29, 0.717) is 22.9 Å². The van der Waals surface area contributed by atoms with Crippen LogP contribution in [0.1, 0.15) is 57.0 Å². The number of rotatable bonds is 6. The number of amides is 1. The molecule has 0 saturated carbocycles. The third-order valence-electron chi connectivity index (χ3n) is 5.03. The molecule has 1 heterocycles. The molecule has 0 fully saturated rings. The topological polar surface area (TPSA) is 81.7 Å². The fourth-order valence-corrected chi connectivity index (χ4v) is 4.95. The molecule has 32 heavy (non-hydrogen) atoms. The number of benzene rings is 1. The zero-order valence-electron chi connectivity index (χ0n) is 17.5. The number of carbonyl (C=O) groups is 3. The van der Waals surface area contributed by atoms with Gasteiger partial charge in [-0.3, -0.25) is 4.79 Å². The predicted molar refractivity (Wildman–Crippen MR) is 112 cm³/mol. The summed E-state index contributed by atoms with van der Waals surface area (Å²) in [5.74, 6) is -2.14. The molecule has 1 aromatic heterocycles. The molecule has 0 bridgehead atoms. The van der Waals surface area contributed by atoms with Gasteiger partial charge in [0, 0.05) is 4.88 Å². The largest absolute Gasteiger partial charge is 0.462 e. The van der Waals surface area contributed by atoms with Crippen LogP contribution in [0.5, 0.6) is 0 Å². The van der Waals surface area contributed by atoms with Gasteiger partial charge in [-0.1, -0.05) is 19.1 Å². The summed E-state index contributed by atoms with van der Waals surface area (Å²) in [6.45, 7) is 3.15. The molecule has 1 aliphatic rings. The van der Waals surface area contributed by atoms with E-state index in [0.717, 1.165) is 41.5 Å². The average molecular weight is 469 g/mol. The Bertz CT molecular complexity index is 1030. The van der Waals surface area contributed by atoms with Crippen LogP contribution in [0.2, 0.25) is 0 Å². The van der Waals surface area contributed by atoms with Crippen molar-refractivity contribution in [3.63, 3.8) is 0 Å². The van der Waals surface area contributed by atoms with Gasteiger partial charge in [-0.25, -0.2) is 9.59 Å². The Balaban J connectivity index is 1.73. The van der Waals surface area contributed by atoms with Crippen molar-refractivity contribution < 1.29 is 37.0 Å². The van der Waals surface area contributed by atoms with Crippen LogP contribution in [0.15, 0.2) is 24.3 Å². The Morgan fingerprint density at radius 3 is 2.56 bits per heavy atom. The van der Waals surface area contributed by atoms with Crippen molar-refractivity contribution in [2.75, 3.05) is 18.5 Å². The lowest BCUT2D eigenvalue weighted by Gasteiger charge is -2.18. The first kappa shape index (κ1) is 23.8. The molecular formula is C22H22F3NO5S. The van der Waals surface area contributed by atoms with Crippen LogP contribution in [-0.2, 0) is 33.3 Å². The molecule has 1 N–H and O–H groups in total. The molecule has 0 spiro atoms. The normalized spacial score (nSPS) is 15.6. The number of hydrogen-bond acceptors (Lipinski definition) is 6. The summed E-state index contributed by atoms with van der Waals surface area (Å²) in [4.78, 5) is 38.0. The van der Waals surface area contributed by atoms with Gasteiger partial charge in [0.15, 0.2) is 6.61 Å². The first-order valence-electron chi connectivity index (χ1n) is 10.1. The first-order chi connectivity index (χ1) is 15.1. The van der Waals surface area contributed by atoms with E-state index >= 15 is 0 Å². The van der Waals surface area contributed by atoms with Crippen LogP contribution in [0.25, 0.3) is 0 Å². The van der Waals surface area contributed by atoms with Gasteiger partial charge in [-0.15, -0.1) is 11.3 Å². The third kappa shape index (κ3) is 5.29. The number of esters is 2. The highest BCUT2D eigenvalue weighted by Gasteiger charge is 2.35. The van der Waals surface area contributed by atoms with Gasteiger partial charge in [0.2, 0.25) is 0 Å². The van der Waals surface area contributed by atoms with Crippen molar-refractivity contribution in [1.82, 2.24) is 0 Å². The van der Waals surface area contributed by atoms with Crippen LogP contribution in [0, 0.1) is 5.92 Å². The first-order valence-corrected chi connectivity index (χ1v) is 10.9. The van der Waals surface area contributed by atoms with E-state index in [9.17, 15) is 27.6 Å². The average Bonchev–Trinajstić information content (AvgIpc) is 3.08. The van der Waals surface area contributed by atoms with E-state index in [-0.39, 0.29) is 6.61 Å². The van der Waals surface area contributed by atoms with Gasteiger partial charge in [0.05, 0.1) is 23.3 Å². The molecule has 2 aromatic rings. The fourth-order valence-electron chi connectivity index (χ4n) is 3.54. The third-order valence-corrected chi connectivity index (χ3v) is 6.20. The smallest absolute Gasteiger partial charge is 0.417 e. The molecule has 1 aromatic carbocycles. The van der Waals surface area contributed by atoms with Crippen LogP contribution in [0.4, 0.5) is 18.2 Å². The molecule has 3 rings (SSSR count).